The van der Waals surface area contributed by atoms with Crippen molar-refractivity contribution in [3.8, 4) is 0 Å². The van der Waals surface area contributed by atoms with E-state index in [4.69, 9.17) is 4.52 Å². The van der Waals surface area contributed by atoms with E-state index < -0.39 is 0 Å². The van der Waals surface area contributed by atoms with Gasteiger partial charge in [-0.15, -0.1) is 0 Å². The molecule has 4 rings (SSSR count). The molecule has 24 heavy (non-hydrogen) atoms. The van der Waals surface area contributed by atoms with E-state index in [1.165, 1.54) is 0 Å². The average molecular weight is 320 g/mol. The summed E-state index contributed by atoms with van der Waals surface area (Å²) in [4.78, 5) is 19.8. The van der Waals surface area contributed by atoms with Crippen molar-refractivity contribution >= 4 is 27.6 Å². The Morgan fingerprint density at radius 2 is 2.04 bits per heavy atom. The fourth-order valence-electron chi connectivity index (χ4n) is 2.83. The average Bonchev–Trinajstić information content (AvgIpc) is 3.21. The number of hydrogen-bond acceptors (Lipinski definition) is 4. The van der Waals surface area contributed by atoms with E-state index in [0.717, 1.165) is 21.7 Å². The van der Waals surface area contributed by atoms with Crippen LogP contribution in [-0.4, -0.2) is 21.0 Å². The van der Waals surface area contributed by atoms with Crippen LogP contribution in [0.25, 0.3) is 21.7 Å². The van der Waals surface area contributed by atoms with E-state index in [-0.39, 0.29) is 11.9 Å². The lowest BCUT2D eigenvalue weighted by molar-refractivity contribution is 0.0928. The minimum absolute atomic E-state index is 0.210. The van der Waals surface area contributed by atoms with Gasteiger partial charge in [-0.3, -0.25) is 4.79 Å². The van der Waals surface area contributed by atoms with Crippen molar-refractivity contribution in [1.82, 2.24) is 20.4 Å². The molecule has 6 nitrogen and oxygen atoms in total. The Hall–Kier alpha value is -3.15. The first-order chi connectivity index (χ1) is 11.6. The summed E-state index contributed by atoms with van der Waals surface area (Å²) in [6.45, 7) is 3.55. The van der Waals surface area contributed by atoms with Gasteiger partial charge in [-0.2, -0.15) is 4.98 Å². The maximum absolute atomic E-state index is 12.5. The fourth-order valence-corrected chi connectivity index (χ4v) is 2.83. The van der Waals surface area contributed by atoms with E-state index in [1.807, 2.05) is 37.3 Å². The van der Waals surface area contributed by atoms with Crippen LogP contribution >= 0.6 is 0 Å². The van der Waals surface area contributed by atoms with Crippen LogP contribution in [0.5, 0.6) is 0 Å². The van der Waals surface area contributed by atoms with E-state index in [1.54, 1.807) is 6.92 Å². The predicted octanol–water partition coefficient (Wildman–Crippen LogP) is 3.50. The van der Waals surface area contributed by atoms with Crippen LogP contribution in [0.4, 0.5) is 0 Å². The number of aryl methyl sites for hydroxylation is 1. The molecule has 0 aliphatic heterocycles. The number of rotatable bonds is 3. The zero-order chi connectivity index (χ0) is 16.7. The lowest BCUT2D eigenvalue weighted by Crippen LogP contribution is -2.27. The van der Waals surface area contributed by atoms with Crippen molar-refractivity contribution in [2.24, 2.45) is 0 Å². The normalized spacial score (nSPS) is 12.6. The Labute approximate surface area is 137 Å². The van der Waals surface area contributed by atoms with Crippen molar-refractivity contribution in [2.45, 2.75) is 19.9 Å². The highest BCUT2D eigenvalue weighted by molar-refractivity contribution is 6.09. The van der Waals surface area contributed by atoms with Gasteiger partial charge < -0.3 is 14.8 Å². The first-order valence-electron chi connectivity index (χ1n) is 7.73. The second-order valence-electron chi connectivity index (χ2n) is 5.81. The number of benzene rings is 2. The van der Waals surface area contributed by atoms with Crippen molar-refractivity contribution in [3.05, 3.63) is 59.9 Å². The standard InChI is InChI=1S/C18H16N4O2/c1-10(18-20-11(2)22-24-18)19-17(23)16-9-14-13-6-4-3-5-12(13)7-8-15(14)21-16/h3-10,21H,1-2H3,(H,19,23)/t10-/m0/s1. The molecule has 0 radical (unpaired) electrons. The third-order valence-corrected chi connectivity index (χ3v) is 4.03. The molecule has 0 saturated carbocycles. The van der Waals surface area contributed by atoms with Crippen molar-refractivity contribution in [1.29, 1.82) is 0 Å². The number of fused-ring (bicyclic) bond motifs is 3. The Morgan fingerprint density at radius 3 is 2.83 bits per heavy atom. The summed E-state index contributed by atoms with van der Waals surface area (Å²) >= 11 is 0. The molecule has 4 aromatic rings. The summed E-state index contributed by atoms with van der Waals surface area (Å²) < 4.78 is 5.09. The number of carbonyl (C=O) groups is 1. The summed E-state index contributed by atoms with van der Waals surface area (Å²) in [5, 5.41) is 9.90. The molecular formula is C18H16N4O2. The smallest absolute Gasteiger partial charge is 0.268 e. The van der Waals surface area contributed by atoms with E-state index >= 15 is 0 Å². The maximum atomic E-state index is 12.5. The van der Waals surface area contributed by atoms with Crippen LogP contribution < -0.4 is 5.32 Å². The van der Waals surface area contributed by atoms with Gasteiger partial charge in [0, 0.05) is 10.9 Å². The van der Waals surface area contributed by atoms with Crippen molar-refractivity contribution < 1.29 is 9.32 Å². The number of nitrogens with one attached hydrogen (secondary N) is 2. The van der Waals surface area contributed by atoms with E-state index in [2.05, 4.69) is 32.6 Å². The molecule has 6 heteroatoms. The van der Waals surface area contributed by atoms with E-state index in [0.29, 0.717) is 17.4 Å². The minimum atomic E-state index is -0.359. The van der Waals surface area contributed by atoms with Gasteiger partial charge >= 0.3 is 0 Å². The molecular weight excluding hydrogens is 304 g/mol. The van der Waals surface area contributed by atoms with Gasteiger partial charge in [0.2, 0.25) is 5.89 Å². The molecule has 0 fully saturated rings. The van der Waals surface area contributed by atoms with Gasteiger partial charge in [0.15, 0.2) is 5.82 Å². The molecule has 2 N–H and O–H groups in total. The van der Waals surface area contributed by atoms with Crippen LogP contribution in [0.2, 0.25) is 0 Å². The number of carbonyl (C=O) groups excluding carboxylic acids is 1. The highest BCUT2D eigenvalue weighted by Crippen LogP contribution is 2.26. The molecule has 0 unspecified atom stereocenters. The molecule has 120 valence electrons. The number of nitrogens with zero attached hydrogens (tertiary/aromatic N) is 2. The molecule has 0 aliphatic carbocycles. The second kappa shape index (κ2) is 5.49. The molecule has 2 aromatic heterocycles. The zero-order valence-electron chi connectivity index (χ0n) is 13.3. The molecule has 1 amide bonds. The summed E-state index contributed by atoms with van der Waals surface area (Å²) in [7, 11) is 0. The SMILES string of the molecule is Cc1noc([C@H](C)NC(=O)c2cc3c(ccc4ccccc43)[nH]2)n1. The molecule has 0 spiro atoms. The molecule has 0 bridgehead atoms. The summed E-state index contributed by atoms with van der Waals surface area (Å²) in [5.74, 6) is 0.726. The minimum Gasteiger partial charge on any atom is -0.351 e. The van der Waals surface area contributed by atoms with Gasteiger partial charge in [0.1, 0.15) is 11.7 Å². The Bertz CT molecular complexity index is 1050. The number of amides is 1. The first kappa shape index (κ1) is 14.4. The van der Waals surface area contributed by atoms with Crippen molar-refractivity contribution in [2.75, 3.05) is 0 Å². The van der Waals surface area contributed by atoms with E-state index in [9.17, 15) is 4.79 Å². The third kappa shape index (κ3) is 2.42. The van der Waals surface area contributed by atoms with Gasteiger partial charge in [0.25, 0.3) is 5.91 Å². The topological polar surface area (TPSA) is 83.8 Å². The number of H-pyrrole nitrogens is 1. The number of aromatic amines is 1. The molecule has 2 aromatic carbocycles. The molecule has 0 aliphatic rings. The third-order valence-electron chi connectivity index (χ3n) is 4.03. The highest BCUT2D eigenvalue weighted by Gasteiger charge is 2.18. The summed E-state index contributed by atoms with van der Waals surface area (Å²) in [6, 6.07) is 13.6. The number of aromatic nitrogens is 3. The van der Waals surface area contributed by atoms with Crippen molar-refractivity contribution in [3.63, 3.8) is 0 Å². The maximum Gasteiger partial charge on any atom is 0.268 e. The lowest BCUT2D eigenvalue weighted by Gasteiger charge is -2.08. The zero-order valence-corrected chi connectivity index (χ0v) is 13.3. The molecule has 1 atom stereocenters. The monoisotopic (exact) mass is 320 g/mol. The highest BCUT2D eigenvalue weighted by atomic mass is 16.5. The van der Waals surface area contributed by atoms with Crippen LogP contribution in [0.1, 0.15) is 35.2 Å². The second-order valence-corrected chi connectivity index (χ2v) is 5.81. The molecule has 2 heterocycles. The first-order valence-corrected chi connectivity index (χ1v) is 7.73. The summed E-state index contributed by atoms with van der Waals surface area (Å²) in [6.07, 6.45) is 0. The molecule has 0 saturated heterocycles. The predicted molar refractivity (Wildman–Crippen MR) is 90.7 cm³/mol. The quantitative estimate of drug-likeness (QED) is 0.605. The Kier molecular flexibility index (Phi) is 3.30. The largest absolute Gasteiger partial charge is 0.351 e. The number of hydrogen-bond donors (Lipinski definition) is 2. The van der Waals surface area contributed by atoms with Crippen LogP contribution in [0.3, 0.4) is 0 Å². The Balaban J connectivity index is 1.66. The van der Waals surface area contributed by atoms with Gasteiger partial charge in [-0.1, -0.05) is 35.5 Å². The van der Waals surface area contributed by atoms with Gasteiger partial charge in [-0.05, 0) is 36.8 Å². The fraction of sp³-hybridized carbons (Fsp3) is 0.167. The van der Waals surface area contributed by atoms with Gasteiger partial charge in [-0.25, -0.2) is 0 Å². The van der Waals surface area contributed by atoms with Crippen LogP contribution in [0, 0.1) is 6.92 Å². The van der Waals surface area contributed by atoms with Crippen LogP contribution in [0.15, 0.2) is 47.0 Å². The van der Waals surface area contributed by atoms with Crippen LogP contribution in [-0.2, 0) is 0 Å². The summed E-state index contributed by atoms with van der Waals surface area (Å²) in [5.41, 5.74) is 1.43. The van der Waals surface area contributed by atoms with Gasteiger partial charge in [0.05, 0.1) is 0 Å². The Morgan fingerprint density at radius 1 is 1.21 bits per heavy atom. The lowest BCUT2D eigenvalue weighted by atomic mass is 10.1.